The first kappa shape index (κ1) is 16.8. The maximum Gasteiger partial charge on any atom is 0.322 e. The Balaban J connectivity index is 1.60. The van der Waals surface area contributed by atoms with Gasteiger partial charge >= 0.3 is 6.01 Å². The molecule has 1 N–H and O–H groups in total. The Kier molecular flexibility index (Phi) is 5.03. The Morgan fingerprint density at radius 3 is 2.88 bits per heavy atom. The Bertz CT molecular complexity index is 878. The number of nitrogens with zero attached hydrogens (tertiary/aromatic N) is 2. The van der Waals surface area contributed by atoms with Crippen molar-refractivity contribution in [2.75, 3.05) is 11.9 Å². The second-order valence-corrected chi connectivity index (χ2v) is 7.09. The number of aromatic nitrogens is 2. The lowest BCUT2D eigenvalue weighted by molar-refractivity contribution is -0.118. The van der Waals surface area contributed by atoms with E-state index in [1.165, 1.54) is 11.3 Å². The van der Waals surface area contributed by atoms with Gasteiger partial charge in [0.2, 0.25) is 0 Å². The second-order valence-electron chi connectivity index (χ2n) is 4.80. The van der Waals surface area contributed by atoms with E-state index in [0.29, 0.717) is 20.0 Å². The maximum atomic E-state index is 11.9. The molecule has 2 aromatic heterocycles. The van der Waals surface area contributed by atoms with Crippen LogP contribution < -0.4 is 10.1 Å². The van der Waals surface area contributed by atoms with E-state index in [-0.39, 0.29) is 18.5 Å². The largest absolute Gasteiger partial charge is 0.484 e. The third kappa shape index (κ3) is 4.05. The highest BCUT2D eigenvalue weighted by atomic mass is 35.5. The third-order valence-corrected chi connectivity index (χ3v) is 4.41. The van der Waals surface area contributed by atoms with Gasteiger partial charge in [-0.25, -0.2) is 0 Å². The predicted molar refractivity (Wildman–Crippen MR) is 92.9 cm³/mol. The molecule has 0 unspecified atom stereocenters. The molecule has 0 saturated carbocycles. The lowest BCUT2D eigenvalue weighted by Gasteiger charge is -2.05. The van der Waals surface area contributed by atoms with Crippen LogP contribution in [0, 0.1) is 6.92 Å². The van der Waals surface area contributed by atoms with Crippen molar-refractivity contribution in [2.24, 2.45) is 0 Å². The summed E-state index contributed by atoms with van der Waals surface area (Å²) < 4.78 is 11.7. The molecule has 0 bridgehead atoms. The van der Waals surface area contributed by atoms with Crippen molar-refractivity contribution in [1.82, 2.24) is 10.2 Å². The Morgan fingerprint density at radius 2 is 2.17 bits per heavy atom. The normalized spacial score (nSPS) is 10.6. The number of benzene rings is 1. The summed E-state index contributed by atoms with van der Waals surface area (Å²) in [7, 11) is 0. The van der Waals surface area contributed by atoms with Crippen LogP contribution in [-0.4, -0.2) is 22.7 Å². The minimum Gasteiger partial charge on any atom is -0.484 e. The highest BCUT2D eigenvalue weighted by Gasteiger charge is 2.16. The van der Waals surface area contributed by atoms with Gasteiger partial charge in [-0.05, 0) is 30.7 Å². The molecular formula is C15H11Cl2N3O3S. The smallest absolute Gasteiger partial charge is 0.322 e. The van der Waals surface area contributed by atoms with Gasteiger partial charge in [-0.2, -0.15) is 0 Å². The van der Waals surface area contributed by atoms with Crippen molar-refractivity contribution in [3.63, 3.8) is 0 Å². The lowest BCUT2D eigenvalue weighted by Crippen LogP contribution is -2.20. The number of thiophene rings is 1. The van der Waals surface area contributed by atoms with E-state index in [4.69, 9.17) is 32.4 Å². The van der Waals surface area contributed by atoms with Gasteiger partial charge in [0.25, 0.3) is 11.8 Å². The summed E-state index contributed by atoms with van der Waals surface area (Å²) in [6.45, 7) is 1.76. The van der Waals surface area contributed by atoms with Crippen LogP contribution >= 0.6 is 34.5 Å². The van der Waals surface area contributed by atoms with Crippen LogP contribution in [0.25, 0.3) is 11.5 Å². The predicted octanol–water partition coefficient (Wildman–Crippen LogP) is 4.43. The average molecular weight is 384 g/mol. The summed E-state index contributed by atoms with van der Waals surface area (Å²) in [5.41, 5.74) is 1.57. The molecule has 124 valence electrons. The first-order valence-corrected chi connectivity index (χ1v) is 8.36. The highest BCUT2D eigenvalue weighted by Crippen LogP contribution is 2.37. The van der Waals surface area contributed by atoms with Crippen LogP contribution in [-0.2, 0) is 4.79 Å². The van der Waals surface area contributed by atoms with E-state index in [9.17, 15) is 4.79 Å². The van der Waals surface area contributed by atoms with E-state index in [2.05, 4.69) is 15.5 Å². The molecule has 6 nitrogen and oxygen atoms in total. The number of carbonyl (C=O) groups excluding carboxylic acids is 1. The van der Waals surface area contributed by atoms with Gasteiger partial charge < -0.3 is 9.15 Å². The summed E-state index contributed by atoms with van der Waals surface area (Å²) in [5, 5.41) is 10.1. The van der Waals surface area contributed by atoms with Gasteiger partial charge in [0.15, 0.2) is 6.61 Å². The van der Waals surface area contributed by atoms with Crippen molar-refractivity contribution >= 4 is 46.5 Å². The standard InChI is InChI=1S/C15H11Cl2N3O3S/c1-8-3-2-4-9(5-8)22-7-12(21)18-15-20-19-14(23-15)10-6-11(16)24-13(10)17/h2-6H,7H2,1H3,(H,18,20,21). The number of rotatable bonds is 5. The Hall–Kier alpha value is -2.09. The van der Waals surface area contributed by atoms with Gasteiger partial charge in [-0.15, -0.1) is 16.4 Å². The molecule has 1 aromatic carbocycles. The van der Waals surface area contributed by atoms with Crippen molar-refractivity contribution in [3.8, 4) is 17.2 Å². The van der Waals surface area contributed by atoms with Crippen LogP contribution in [0.5, 0.6) is 5.75 Å². The number of anilines is 1. The zero-order chi connectivity index (χ0) is 17.1. The zero-order valence-electron chi connectivity index (χ0n) is 12.4. The summed E-state index contributed by atoms with van der Waals surface area (Å²) in [6, 6.07) is 8.97. The van der Waals surface area contributed by atoms with Crippen molar-refractivity contribution < 1.29 is 13.9 Å². The van der Waals surface area contributed by atoms with Gasteiger partial charge in [-0.1, -0.05) is 40.4 Å². The van der Waals surface area contributed by atoms with E-state index < -0.39 is 5.91 Å². The first-order chi connectivity index (χ1) is 11.5. The number of carbonyl (C=O) groups is 1. The van der Waals surface area contributed by atoms with Crippen LogP contribution in [0.2, 0.25) is 8.67 Å². The molecule has 0 saturated heterocycles. The molecule has 2 heterocycles. The molecule has 0 aliphatic heterocycles. The number of ether oxygens (including phenoxy) is 1. The molecule has 3 aromatic rings. The van der Waals surface area contributed by atoms with E-state index >= 15 is 0 Å². The van der Waals surface area contributed by atoms with Gasteiger partial charge in [0.05, 0.1) is 9.90 Å². The first-order valence-electron chi connectivity index (χ1n) is 6.79. The summed E-state index contributed by atoms with van der Waals surface area (Å²) in [6.07, 6.45) is 0. The molecular weight excluding hydrogens is 373 g/mol. The Morgan fingerprint density at radius 1 is 1.33 bits per heavy atom. The lowest BCUT2D eigenvalue weighted by atomic mass is 10.2. The highest BCUT2D eigenvalue weighted by molar-refractivity contribution is 7.20. The van der Waals surface area contributed by atoms with Crippen molar-refractivity contribution in [3.05, 3.63) is 44.6 Å². The SMILES string of the molecule is Cc1cccc(OCC(=O)Nc2nnc(-c3cc(Cl)sc3Cl)o2)c1. The fourth-order valence-electron chi connectivity index (χ4n) is 1.88. The molecule has 0 aliphatic rings. The van der Waals surface area contributed by atoms with Crippen LogP contribution in [0.15, 0.2) is 34.7 Å². The molecule has 0 atom stereocenters. The Labute approximate surface area is 151 Å². The molecule has 3 rings (SSSR count). The molecule has 9 heteroatoms. The second kappa shape index (κ2) is 7.21. The molecule has 0 spiro atoms. The minimum atomic E-state index is -0.416. The summed E-state index contributed by atoms with van der Waals surface area (Å²) >= 11 is 13.1. The van der Waals surface area contributed by atoms with Gasteiger partial charge in [0, 0.05) is 0 Å². The monoisotopic (exact) mass is 383 g/mol. The number of hydrogen-bond acceptors (Lipinski definition) is 6. The van der Waals surface area contributed by atoms with Crippen LogP contribution in [0.4, 0.5) is 6.01 Å². The van der Waals surface area contributed by atoms with Crippen LogP contribution in [0.1, 0.15) is 5.56 Å². The average Bonchev–Trinajstić information content (AvgIpc) is 3.11. The third-order valence-electron chi connectivity index (χ3n) is 2.92. The fraction of sp³-hybridized carbons (Fsp3) is 0.133. The summed E-state index contributed by atoms with van der Waals surface area (Å²) in [5.74, 6) is 0.371. The fourth-order valence-corrected chi connectivity index (χ4v) is 3.33. The molecule has 0 aliphatic carbocycles. The number of nitrogens with one attached hydrogen (secondary N) is 1. The van der Waals surface area contributed by atoms with Gasteiger partial charge in [0.1, 0.15) is 10.1 Å². The van der Waals surface area contributed by atoms with Crippen molar-refractivity contribution in [2.45, 2.75) is 6.92 Å². The molecule has 0 fully saturated rings. The minimum absolute atomic E-state index is 0.0405. The number of halogens is 2. The molecule has 24 heavy (non-hydrogen) atoms. The van der Waals surface area contributed by atoms with Gasteiger partial charge in [-0.3, -0.25) is 10.1 Å². The molecule has 1 amide bonds. The van der Waals surface area contributed by atoms with E-state index in [0.717, 1.165) is 5.56 Å². The number of amides is 1. The van der Waals surface area contributed by atoms with E-state index in [1.54, 1.807) is 12.1 Å². The maximum absolute atomic E-state index is 11.9. The zero-order valence-corrected chi connectivity index (χ0v) is 14.7. The topological polar surface area (TPSA) is 77.2 Å². The van der Waals surface area contributed by atoms with E-state index in [1.807, 2.05) is 25.1 Å². The summed E-state index contributed by atoms with van der Waals surface area (Å²) in [4.78, 5) is 11.9. The number of aryl methyl sites for hydroxylation is 1. The van der Waals surface area contributed by atoms with Crippen LogP contribution in [0.3, 0.4) is 0 Å². The number of hydrogen-bond donors (Lipinski definition) is 1. The quantitative estimate of drug-likeness (QED) is 0.704. The van der Waals surface area contributed by atoms with Crippen molar-refractivity contribution in [1.29, 1.82) is 0 Å². The molecule has 0 radical (unpaired) electrons.